The van der Waals surface area contributed by atoms with Crippen LogP contribution >= 0.6 is 11.8 Å². The quantitative estimate of drug-likeness (QED) is 0.176. The molecule has 2 aromatic heterocycles. The molecule has 3 atom stereocenters. The van der Waals surface area contributed by atoms with Crippen LogP contribution in [0.1, 0.15) is 82.3 Å². The van der Waals surface area contributed by atoms with Gasteiger partial charge in [0, 0.05) is 28.7 Å². The number of aromatic amines is 2. The average Bonchev–Trinajstić information content (AvgIpc) is 3.74. The SMILES string of the molecule is CC(C(=O)O)C(C)c1cccc(C2(C)CCCC(C)(C)CSCCc3c(c(F)cc4[nH]ccc34)Oc3ccc(F)c(c3)-c3nc2n[nH]3)c1. The lowest BCUT2D eigenvalue weighted by molar-refractivity contribution is -0.141. The fourth-order valence-corrected chi connectivity index (χ4v) is 7.84. The smallest absolute Gasteiger partial charge is 0.306 e. The van der Waals surface area contributed by atoms with Gasteiger partial charge in [-0.2, -0.15) is 16.9 Å². The molecule has 252 valence electrons. The van der Waals surface area contributed by atoms with Gasteiger partial charge in [-0.15, -0.1) is 0 Å². The number of rotatable bonds is 4. The zero-order valence-corrected chi connectivity index (χ0v) is 28.8. The van der Waals surface area contributed by atoms with Crippen molar-refractivity contribution in [2.45, 2.75) is 71.6 Å². The Balaban J connectivity index is 1.44. The number of hydrogen-bond donors (Lipinski definition) is 3. The van der Waals surface area contributed by atoms with Crippen molar-refractivity contribution in [3.63, 3.8) is 0 Å². The monoisotopic (exact) mass is 672 g/mol. The summed E-state index contributed by atoms with van der Waals surface area (Å²) in [4.78, 5) is 19.8. The molecule has 0 radical (unpaired) electrons. The largest absolute Gasteiger partial charge is 0.481 e. The molecule has 6 rings (SSSR count). The lowest BCUT2D eigenvalue weighted by Gasteiger charge is -2.31. The topological polar surface area (TPSA) is 104 Å². The Bertz CT molecular complexity index is 1950. The number of aryl methyl sites for hydroxylation is 1. The van der Waals surface area contributed by atoms with E-state index in [0.717, 1.165) is 52.8 Å². The number of thioether (sulfide) groups is 1. The number of aromatic nitrogens is 4. The van der Waals surface area contributed by atoms with E-state index >= 15 is 8.78 Å². The normalized spacial score (nSPS) is 19.8. The van der Waals surface area contributed by atoms with Crippen LogP contribution in [0.5, 0.6) is 11.5 Å². The van der Waals surface area contributed by atoms with Crippen LogP contribution in [0.15, 0.2) is 60.8 Å². The summed E-state index contributed by atoms with van der Waals surface area (Å²) in [5.74, 6) is 0.280. The lowest BCUT2D eigenvalue weighted by Crippen LogP contribution is -2.27. The van der Waals surface area contributed by atoms with Crippen molar-refractivity contribution in [1.82, 2.24) is 20.2 Å². The molecule has 0 saturated carbocycles. The third kappa shape index (κ3) is 6.72. The maximum absolute atomic E-state index is 15.6. The minimum absolute atomic E-state index is 0.0275. The van der Waals surface area contributed by atoms with Crippen molar-refractivity contribution >= 4 is 28.6 Å². The van der Waals surface area contributed by atoms with E-state index in [4.69, 9.17) is 9.72 Å². The second-order valence-electron chi connectivity index (χ2n) is 14.0. The van der Waals surface area contributed by atoms with Gasteiger partial charge in [-0.1, -0.05) is 58.4 Å². The van der Waals surface area contributed by atoms with E-state index in [2.05, 4.69) is 42.0 Å². The number of benzene rings is 3. The molecule has 0 amide bonds. The van der Waals surface area contributed by atoms with E-state index < -0.39 is 28.9 Å². The van der Waals surface area contributed by atoms with E-state index in [0.29, 0.717) is 17.8 Å². The zero-order valence-electron chi connectivity index (χ0n) is 28.0. The molecule has 4 bridgehead atoms. The van der Waals surface area contributed by atoms with Gasteiger partial charge >= 0.3 is 5.97 Å². The van der Waals surface area contributed by atoms with Crippen LogP contribution in [0.2, 0.25) is 0 Å². The Kier molecular flexibility index (Phi) is 9.40. The predicted octanol–water partition coefficient (Wildman–Crippen LogP) is 9.64. The van der Waals surface area contributed by atoms with Crippen molar-refractivity contribution in [2.24, 2.45) is 11.3 Å². The first kappa shape index (κ1) is 33.7. The van der Waals surface area contributed by atoms with Gasteiger partial charge in [-0.05, 0) is 84.4 Å². The molecule has 48 heavy (non-hydrogen) atoms. The summed E-state index contributed by atoms with van der Waals surface area (Å²) in [6, 6.07) is 15.7. The maximum Gasteiger partial charge on any atom is 0.306 e. The third-order valence-corrected chi connectivity index (χ3v) is 11.4. The summed E-state index contributed by atoms with van der Waals surface area (Å²) in [7, 11) is 0. The standard InChI is InChI=1S/C38H42F2N4O3S/c1-22(23(2)35(45)46)24-8-6-9-25(18-24)38(5)15-7-14-37(3,4)21-48-17-13-28-27-12-16-41-32(27)20-31(40)33(28)47-26-10-11-30(39)29(19-26)34-42-36(38)44-43-34/h6,8-12,16,18-20,22-23,41H,7,13-15,17,21H2,1-5H3,(H,45,46)(H,42,43,44). The summed E-state index contributed by atoms with van der Waals surface area (Å²) in [6.45, 7) is 10.3. The molecule has 10 heteroatoms. The van der Waals surface area contributed by atoms with Crippen molar-refractivity contribution in [2.75, 3.05) is 11.5 Å². The summed E-state index contributed by atoms with van der Waals surface area (Å²) in [6.07, 6.45) is 4.97. The number of nitrogens with zero attached hydrogens (tertiary/aromatic N) is 2. The summed E-state index contributed by atoms with van der Waals surface area (Å²) in [5, 5.41) is 18.2. The number of ether oxygens (including phenoxy) is 1. The Morgan fingerprint density at radius 2 is 1.85 bits per heavy atom. The number of fused-ring (bicyclic) bond motifs is 8. The van der Waals surface area contributed by atoms with Crippen LogP contribution in [-0.4, -0.2) is 42.7 Å². The average molecular weight is 673 g/mol. The number of aliphatic carboxylic acids is 1. The highest BCUT2D eigenvalue weighted by atomic mass is 32.2. The van der Waals surface area contributed by atoms with Crippen LogP contribution < -0.4 is 4.74 Å². The molecular formula is C38H42F2N4O3S. The van der Waals surface area contributed by atoms with Gasteiger partial charge < -0.3 is 14.8 Å². The minimum Gasteiger partial charge on any atom is -0.481 e. The van der Waals surface area contributed by atoms with Crippen molar-refractivity contribution in [3.05, 3.63) is 94.9 Å². The van der Waals surface area contributed by atoms with E-state index in [9.17, 15) is 9.90 Å². The van der Waals surface area contributed by atoms with Crippen molar-refractivity contribution in [3.8, 4) is 22.9 Å². The first-order chi connectivity index (χ1) is 22.9. The molecule has 0 spiro atoms. The Morgan fingerprint density at radius 1 is 1.04 bits per heavy atom. The summed E-state index contributed by atoms with van der Waals surface area (Å²) < 4.78 is 37.2. The molecule has 1 aliphatic rings. The predicted molar refractivity (Wildman–Crippen MR) is 187 cm³/mol. The van der Waals surface area contributed by atoms with Crippen LogP contribution in [0, 0.1) is 23.0 Å². The van der Waals surface area contributed by atoms with E-state index in [1.54, 1.807) is 13.1 Å². The van der Waals surface area contributed by atoms with Crippen LogP contribution in [-0.2, 0) is 16.6 Å². The van der Waals surface area contributed by atoms with E-state index in [1.807, 2.05) is 43.0 Å². The molecule has 3 heterocycles. The molecule has 0 aliphatic carbocycles. The number of halogens is 2. The summed E-state index contributed by atoms with van der Waals surface area (Å²) in [5.41, 5.74) is 2.91. The van der Waals surface area contributed by atoms with Crippen LogP contribution in [0.25, 0.3) is 22.3 Å². The van der Waals surface area contributed by atoms with Crippen LogP contribution in [0.3, 0.4) is 0 Å². The fraction of sp³-hybridized carbons (Fsp3) is 0.395. The highest BCUT2D eigenvalue weighted by Gasteiger charge is 2.35. The Labute approximate surface area is 283 Å². The maximum atomic E-state index is 15.6. The molecule has 5 aromatic rings. The van der Waals surface area contributed by atoms with Crippen LogP contribution in [0.4, 0.5) is 8.78 Å². The molecule has 7 nitrogen and oxygen atoms in total. The van der Waals surface area contributed by atoms with Gasteiger partial charge in [0.1, 0.15) is 11.6 Å². The van der Waals surface area contributed by atoms with Crippen molar-refractivity contribution < 1.29 is 23.4 Å². The summed E-state index contributed by atoms with van der Waals surface area (Å²) >= 11 is 1.84. The third-order valence-electron chi connectivity index (χ3n) is 9.97. The molecule has 3 aromatic carbocycles. The van der Waals surface area contributed by atoms with Gasteiger partial charge in [0.15, 0.2) is 23.2 Å². The highest BCUT2D eigenvalue weighted by Crippen LogP contribution is 2.41. The molecular weight excluding hydrogens is 631 g/mol. The number of carbonyl (C=O) groups is 1. The van der Waals surface area contributed by atoms with Gasteiger partial charge in [-0.25, -0.2) is 13.8 Å². The molecule has 0 fully saturated rings. The Morgan fingerprint density at radius 3 is 2.65 bits per heavy atom. The van der Waals surface area contributed by atoms with Gasteiger partial charge in [-0.3, -0.25) is 9.89 Å². The first-order valence-electron chi connectivity index (χ1n) is 16.5. The second-order valence-corrected chi connectivity index (χ2v) is 15.2. The van der Waals surface area contributed by atoms with Gasteiger partial charge in [0.05, 0.1) is 16.9 Å². The number of H-pyrrole nitrogens is 2. The molecule has 0 saturated heterocycles. The second kappa shape index (κ2) is 13.4. The van der Waals surface area contributed by atoms with Gasteiger partial charge in [0.2, 0.25) is 0 Å². The molecule has 3 N–H and O–H groups in total. The highest BCUT2D eigenvalue weighted by molar-refractivity contribution is 7.99. The number of nitrogens with one attached hydrogen (secondary N) is 2. The molecule has 1 aliphatic heterocycles. The van der Waals surface area contributed by atoms with E-state index in [-0.39, 0.29) is 34.2 Å². The minimum atomic E-state index is -0.841. The lowest BCUT2D eigenvalue weighted by atomic mass is 9.74. The zero-order chi connectivity index (χ0) is 34.2. The van der Waals surface area contributed by atoms with E-state index in [1.165, 1.54) is 24.3 Å². The fourth-order valence-electron chi connectivity index (χ4n) is 6.65. The molecule has 3 unspecified atom stereocenters. The number of hydrogen-bond acceptors (Lipinski definition) is 5. The number of carboxylic acid groups (broad SMARTS) is 1. The van der Waals surface area contributed by atoms with Gasteiger partial charge in [0.25, 0.3) is 0 Å². The van der Waals surface area contributed by atoms with Crippen molar-refractivity contribution in [1.29, 1.82) is 0 Å². The Hall–Kier alpha value is -4.18. The first-order valence-corrected chi connectivity index (χ1v) is 17.6. The number of carboxylic acids is 1.